The Morgan fingerprint density at radius 3 is 2.33 bits per heavy atom. The average Bonchev–Trinajstić information content (AvgIpc) is 3.07. The van der Waals surface area contributed by atoms with E-state index in [1.807, 2.05) is 13.8 Å². The molecule has 0 saturated carbocycles. The van der Waals surface area contributed by atoms with Crippen LogP contribution in [0.4, 0.5) is 8.78 Å². The van der Waals surface area contributed by atoms with Crippen LogP contribution in [0.15, 0.2) is 42.5 Å². The molecule has 4 N–H and O–H groups in total. The second kappa shape index (κ2) is 11.9. The first-order valence-corrected chi connectivity index (χ1v) is 13.4. The quantitative estimate of drug-likeness (QED) is 0.376. The number of nitrogens with zero attached hydrogens (tertiary/aromatic N) is 1. The van der Waals surface area contributed by atoms with Crippen molar-refractivity contribution in [3.63, 3.8) is 0 Å². The lowest BCUT2D eigenvalue weighted by molar-refractivity contribution is -0.148. The third kappa shape index (κ3) is 6.43. The van der Waals surface area contributed by atoms with Gasteiger partial charge in [0.25, 0.3) is 17.7 Å². The fraction of sp³-hybridized carbons (Fsp3) is 0.500. The van der Waals surface area contributed by atoms with E-state index in [0.29, 0.717) is 16.7 Å². The molecule has 1 aliphatic rings. The van der Waals surface area contributed by atoms with Gasteiger partial charge in [-0.05, 0) is 49.4 Å². The van der Waals surface area contributed by atoms with Crippen LogP contribution in [0.5, 0.6) is 5.75 Å². The summed E-state index contributed by atoms with van der Waals surface area (Å²) in [7, 11) is 0. The molecule has 3 atom stereocenters. The number of carbonyl (C=O) groups is 3. The lowest BCUT2D eigenvalue weighted by atomic mass is 9.81. The lowest BCUT2D eigenvalue weighted by Crippen LogP contribution is -2.58. The van der Waals surface area contributed by atoms with Crippen LogP contribution in [-0.2, 0) is 16.0 Å². The van der Waals surface area contributed by atoms with Crippen LogP contribution in [-0.4, -0.2) is 70.0 Å². The molecule has 218 valence electrons. The molecule has 3 amide bonds. The summed E-state index contributed by atoms with van der Waals surface area (Å²) in [6.45, 7) is 8.61. The van der Waals surface area contributed by atoms with Gasteiger partial charge in [-0.1, -0.05) is 58.0 Å². The fourth-order valence-corrected chi connectivity index (χ4v) is 4.95. The molecule has 2 aromatic rings. The van der Waals surface area contributed by atoms with Crippen molar-refractivity contribution in [3.05, 3.63) is 64.7 Å². The van der Waals surface area contributed by atoms with Crippen LogP contribution < -0.4 is 10.6 Å². The summed E-state index contributed by atoms with van der Waals surface area (Å²) in [5, 5.41) is 26.8. The van der Waals surface area contributed by atoms with E-state index in [4.69, 9.17) is 0 Å². The predicted molar refractivity (Wildman–Crippen MR) is 147 cm³/mol. The van der Waals surface area contributed by atoms with E-state index in [1.165, 1.54) is 19.9 Å². The van der Waals surface area contributed by atoms with Gasteiger partial charge in [-0.3, -0.25) is 14.4 Å². The van der Waals surface area contributed by atoms with Crippen molar-refractivity contribution in [3.8, 4) is 5.75 Å². The molecular formula is C30H39F2N3O5. The summed E-state index contributed by atoms with van der Waals surface area (Å²) in [6, 6.07) is 9.10. The van der Waals surface area contributed by atoms with Gasteiger partial charge in [0.15, 0.2) is 6.10 Å². The van der Waals surface area contributed by atoms with Crippen LogP contribution in [0, 0.1) is 25.2 Å². The fourth-order valence-electron chi connectivity index (χ4n) is 4.95. The van der Waals surface area contributed by atoms with Gasteiger partial charge >= 0.3 is 0 Å². The van der Waals surface area contributed by atoms with Crippen LogP contribution >= 0.6 is 0 Å². The molecule has 10 heteroatoms. The van der Waals surface area contributed by atoms with Gasteiger partial charge in [0.05, 0.1) is 18.0 Å². The number of aliphatic hydroxyl groups is 1. The number of hydrogen-bond acceptors (Lipinski definition) is 5. The minimum Gasteiger partial charge on any atom is -0.508 e. The van der Waals surface area contributed by atoms with Gasteiger partial charge in [-0.15, -0.1) is 0 Å². The van der Waals surface area contributed by atoms with Gasteiger partial charge in [-0.2, -0.15) is 0 Å². The standard InChI is InChI=1S/C30H39F2N3O5/c1-17(2)15-33-27(39)25-29(5,6)30(31,32)16-35(25)28(40)24(37)22(14-20-10-8-7-9-11-20)34-26(38)21-12-18(3)13-23(36)19(21)4/h7-13,17,22,24-25,36-37H,14-16H2,1-6H3,(H,33,39)(H,34,38)/t22-,24-,25?/m0/s1. The number of aryl methyl sites for hydroxylation is 1. The number of phenolic OH excluding ortho intramolecular Hbond substituents is 1. The van der Waals surface area contributed by atoms with Crippen molar-refractivity contribution in [2.45, 2.75) is 72.1 Å². The largest absolute Gasteiger partial charge is 0.508 e. The molecule has 1 heterocycles. The number of phenols is 1. The van der Waals surface area contributed by atoms with Gasteiger partial charge in [0.2, 0.25) is 5.91 Å². The molecule has 1 fully saturated rings. The summed E-state index contributed by atoms with van der Waals surface area (Å²) in [5.41, 5.74) is -0.138. The Morgan fingerprint density at radius 1 is 1.10 bits per heavy atom. The number of likely N-dealkylation sites (tertiary alicyclic amines) is 1. The molecule has 3 rings (SSSR count). The Hall–Kier alpha value is -3.53. The number of aliphatic hydroxyl groups excluding tert-OH is 1. The Labute approximate surface area is 233 Å². The van der Waals surface area contributed by atoms with Crippen molar-refractivity contribution in [1.29, 1.82) is 0 Å². The average molecular weight is 560 g/mol. The maximum absolute atomic E-state index is 15.2. The van der Waals surface area contributed by atoms with Crippen LogP contribution in [0.2, 0.25) is 0 Å². The normalized spacial score (nSPS) is 19.2. The summed E-state index contributed by atoms with van der Waals surface area (Å²) < 4.78 is 30.3. The molecule has 1 saturated heterocycles. The number of aromatic hydroxyl groups is 1. The Balaban J connectivity index is 1.96. The van der Waals surface area contributed by atoms with E-state index in [-0.39, 0.29) is 30.2 Å². The highest BCUT2D eigenvalue weighted by Gasteiger charge is 2.64. The number of amides is 3. The number of carbonyl (C=O) groups excluding carboxylic acids is 3. The molecule has 1 aliphatic heterocycles. The number of nitrogens with one attached hydrogen (secondary N) is 2. The van der Waals surface area contributed by atoms with Crippen LogP contribution in [0.1, 0.15) is 54.7 Å². The number of hydrogen-bond donors (Lipinski definition) is 4. The number of halogens is 2. The first kappa shape index (κ1) is 31.0. The Kier molecular flexibility index (Phi) is 9.24. The number of benzene rings is 2. The first-order chi connectivity index (χ1) is 18.6. The van der Waals surface area contributed by atoms with Crippen molar-refractivity contribution in [2.24, 2.45) is 11.3 Å². The maximum atomic E-state index is 15.2. The van der Waals surface area contributed by atoms with E-state index in [1.54, 1.807) is 50.2 Å². The molecule has 1 unspecified atom stereocenters. The topological polar surface area (TPSA) is 119 Å². The molecule has 8 nitrogen and oxygen atoms in total. The van der Waals surface area contributed by atoms with Crippen molar-refractivity contribution in [2.75, 3.05) is 13.1 Å². The van der Waals surface area contributed by atoms with E-state index < -0.39 is 53.8 Å². The van der Waals surface area contributed by atoms with Gasteiger partial charge in [0, 0.05) is 17.7 Å². The molecule has 2 aromatic carbocycles. The van der Waals surface area contributed by atoms with Gasteiger partial charge < -0.3 is 25.7 Å². The minimum absolute atomic E-state index is 0.00811. The summed E-state index contributed by atoms with van der Waals surface area (Å²) in [4.78, 5) is 40.8. The minimum atomic E-state index is -3.41. The van der Waals surface area contributed by atoms with Crippen molar-refractivity contribution in [1.82, 2.24) is 15.5 Å². The molecular weight excluding hydrogens is 520 g/mol. The summed E-state index contributed by atoms with van der Waals surface area (Å²) in [6.07, 6.45) is -1.93. The van der Waals surface area contributed by atoms with Gasteiger partial charge in [-0.25, -0.2) is 8.78 Å². The molecule has 0 spiro atoms. The molecule has 0 radical (unpaired) electrons. The zero-order valence-corrected chi connectivity index (χ0v) is 23.8. The van der Waals surface area contributed by atoms with Crippen LogP contribution in [0.3, 0.4) is 0 Å². The maximum Gasteiger partial charge on any atom is 0.272 e. The monoisotopic (exact) mass is 559 g/mol. The number of rotatable bonds is 9. The second-order valence-corrected chi connectivity index (χ2v) is 11.6. The predicted octanol–water partition coefficient (Wildman–Crippen LogP) is 3.36. The first-order valence-electron chi connectivity index (χ1n) is 13.4. The van der Waals surface area contributed by atoms with E-state index in [0.717, 1.165) is 4.90 Å². The third-order valence-electron chi connectivity index (χ3n) is 7.54. The SMILES string of the molecule is Cc1cc(O)c(C)c(C(=O)N[C@@H](Cc2ccccc2)[C@H](O)C(=O)N2CC(F)(F)C(C)(C)C2C(=O)NCC(C)C)c1. The van der Waals surface area contributed by atoms with E-state index >= 15 is 8.78 Å². The van der Waals surface area contributed by atoms with E-state index in [9.17, 15) is 24.6 Å². The van der Waals surface area contributed by atoms with Crippen molar-refractivity contribution < 1.29 is 33.4 Å². The highest BCUT2D eigenvalue weighted by molar-refractivity contribution is 5.97. The molecule has 0 aliphatic carbocycles. The highest BCUT2D eigenvalue weighted by Crippen LogP contribution is 2.48. The molecule has 0 bridgehead atoms. The smallest absolute Gasteiger partial charge is 0.272 e. The Morgan fingerprint density at radius 2 is 1.73 bits per heavy atom. The van der Waals surface area contributed by atoms with Crippen LogP contribution in [0.25, 0.3) is 0 Å². The summed E-state index contributed by atoms with van der Waals surface area (Å²) in [5.74, 6) is -5.90. The second-order valence-electron chi connectivity index (χ2n) is 11.6. The molecule has 0 aromatic heterocycles. The zero-order valence-electron chi connectivity index (χ0n) is 23.8. The number of alkyl halides is 2. The van der Waals surface area contributed by atoms with Gasteiger partial charge in [0.1, 0.15) is 11.8 Å². The van der Waals surface area contributed by atoms with Crippen molar-refractivity contribution >= 4 is 17.7 Å². The highest BCUT2D eigenvalue weighted by atomic mass is 19.3. The Bertz CT molecular complexity index is 1250. The zero-order chi connectivity index (χ0) is 30.0. The molecule has 40 heavy (non-hydrogen) atoms. The van der Waals surface area contributed by atoms with E-state index in [2.05, 4.69) is 10.6 Å². The summed E-state index contributed by atoms with van der Waals surface area (Å²) >= 11 is 0. The third-order valence-corrected chi connectivity index (χ3v) is 7.54. The lowest BCUT2D eigenvalue weighted by Gasteiger charge is -2.34.